The van der Waals surface area contributed by atoms with Crippen LogP contribution in [0.3, 0.4) is 0 Å². The van der Waals surface area contributed by atoms with E-state index in [9.17, 15) is 8.42 Å². The highest BCUT2D eigenvalue weighted by atomic mass is 35.5. The number of anilines is 1. The lowest BCUT2D eigenvalue weighted by Crippen LogP contribution is -2.26. The molecule has 0 aliphatic rings. The molecule has 0 amide bonds. The fraction of sp³-hybridized carbons (Fsp3) is 0.200. The Morgan fingerprint density at radius 2 is 1.75 bits per heavy atom. The van der Waals surface area contributed by atoms with Crippen molar-refractivity contribution in [3.8, 4) is 0 Å². The van der Waals surface area contributed by atoms with Crippen molar-refractivity contribution in [2.75, 3.05) is 11.4 Å². The summed E-state index contributed by atoms with van der Waals surface area (Å²) in [6, 6.07) is 13.7. The average Bonchev–Trinajstić information content (AvgIpc) is 2.46. The molecular weight excluding hydrogens is 294 g/mol. The molecule has 0 bridgehead atoms. The largest absolute Gasteiger partial charge is 0.269 e. The van der Waals surface area contributed by atoms with Crippen molar-refractivity contribution in [2.24, 2.45) is 0 Å². The Bertz CT molecular complexity index is 696. The van der Waals surface area contributed by atoms with Crippen LogP contribution in [-0.4, -0.2) is 15.5 Å². The van der Waals surface area contributed by atoms with Crippen molar-refractivity contribution in [2.45, 2.75) is 18.2 Å². The molecule has 20 heavy (non-hydrogen) atoms. The molecule has 0 saturated carbocycles. The van der Waals surface area contributed by atoms with E-state index < -0.39 is 10.0 Å². The Hall–Kier alpha value is -1.52. The summed E-state index contributed by atoms with van der Waals surface area (Å²) in [6.45, 7) is 2.03. The molecule has 2 rings (SSSR count). The van der Waals surface area contributed by atoms with E-state index in [1.165, 1.54) is 11.4 Å². The topological polar surface area (TPSA) is 37.4 Å². The summed E-state index contributed by atoms with van der Waals surface area (Å²) in [7, 11) is -2.04. The summed E-state index contributed by atoms with van der Waals surface area (Å²) < 4.78 is 26.3. The van der Waals surface area contributed by atoms with E-state index in [0.29, 0.717) is 10.7 Å². The molecule has 0 atom stereocenters. The van der Waals surface area contributed by atoms with Gasteiger partial charge in [0.25, 0.3) is 10.0 Å². The van der Waals surface area contributed by atoms with Crippen molar-refractivity contribution < 1.29 is 8.42 Å². The van der Waals surface area contributed by atoms with Crippen molar-refractivity contribution in [1.29, 1.82) is 0 Å². The number of sulfonamides is 1. The van der Waals surface area contributed by atoms with Gasteiger partial charge in [0.1, 0.15) is 0 Å². The molecule has 106 valence electrons. The van der Waals surface area contributed by atoms with Gasteiger partial charge in [0, 0.05) is 12.1 Å². The van der Waals surface area contributed by atoms with E-state index in [1.807, 2.05) is 19.1 Å². The number of hydrogen-bond acceptors (Lipinski definition) is 2. The van der Waals surface area contributed by atoms with Gasteiger partial charge in [0.15, 0.2) is 0 Å². The molecule has 0 unspecified atom stereocenters. The summed E-state index contributed by atoms with van der Waals surface area (Å²) >= 11 is 5.90. The second-order valence-corrected chi connectivity index (χ2v) is 6.86. The number of nitrogens with zero attached hydrogens (tertiary/aromatic N) is 1. The van der Waals surface area contributed by atoms with Crippen LogP contribution in [0.25, 0.3) is 0 Å². The van der Waals surface area contributed by atoms with Crippen LogP contribution in [0, 0.1) is 0 Å². The minimum absolute atomic E-state index is 0.275. The fourth-order valence-electron chi connectivity index (χ4n) is 1.87. The Morgan fingerprint density at radius 1 is 1.10 bits per heavy atom. The van der Waals surface area contributed by atoms with E-state index in [4.69, 9.17) is 11.6 Å². The third kappa shape index (κ3) is 2.97. The second-order valence-electron chi connectivity index (χ2n) is 4.45. The molecule has 2 aromatic rings. The average molecular weight is 310 g/mol. The number of hydrogen-bond donors (Lipinski definition) is 0. The quantitative estimate of drug-likeness (QED) is 0.863. The lowest BCUT2D eigenvalue weighted by atomic mass is 10.2. The highest BCUT2D eigenvalue weighted by molar-refractivity contribution is 7.92. The number of benzene rings is 2. The third-order valence-electron chi connectivity index (χ3n) is 3.16. The Balaban J connectivity index is 2.38. The van der Waals surface area contributed by atoms with E-state index >= 15 is 0 Å². The van der Waals surface area contributed by atoms with Crippen LogP contribution in [0.2, 0.25) is 5.02 Å². The zero-order valence-corrected chi connectivity index (χ0v) is 12.9. The van der Waals surface area contributed by atoms with Crippen LogP contribution < -0.4 is 4.31 Å². The van der Waals surface area contributed by atoms with E-state index in [-0.39, 0.29) is 4.90 Å². The van der Waals surface area contributed by atoms with E-state index in [0.717, 1.165) is 12.0 Å². The standard InChI is InChI=1S/C15H16ClNO2S/c1-3-12-7-9-15(10-8-12)20(18,19)17(2)14-6-4-5-13(16)11-14/h4-11H,3H2,1-2H3. The zero-order valence-electron chi connectivity index (χ0n) is 11.4. The van der Waals surface area contributed by atoms with Gasteiger partial charge in [0.05, 0.1) is 10.6 Å². The Labute approximate surface area is 124 Å². The van der Waals surface area contributed by atoms with Crippen molar-refractivity contribution in [3.05, 3.63) is 59.1 Å². The summed E-state index contributed by atoms with van der Waals surface area (Å²) in [5.74, 6) is 0. The van der Waals surface area contributed by atoms with Crippen LogP contribution in [0.1, 0.15) is 12.5 Å². The third-order valence-corrected chi connectivity index (χ3v) is 5.20. The first-order valence-corrected chi connectivity index (χ1v) is 8.10. The highest BCUT2D eigenvalue weighted by Crippen LogP contribution is 2.24. The molecule has 5 heteroatoms. The molecule has 0 spiro atoms. The molecule has 0 aliphatic carbocycles. The molecule has 0 aliphatic heterocycles. The fourth-order valence-corrected chi connectivity index (χ4v) is 3.24. The first kappa shape index (κ1) is 14.9. The van der Waals surface area contributed by atoms with Crippen molar-refractivity contribution in [3.63, 3.8) is 0 Å². The highest BCUT2D eigenvalue weighted by Gasteiger charge is 2.21. The molecule has 3 nitrogen and oxygen atoms in total. The lowest BCUT2D eigenvalue weighted by Gasteiger charge is -2.19. The zero-order chi connectivity index (χ0) is 14.8. The summed E-state index contributed by atoms with van der Waals surface area (Å²) in [5.41, 5.74) is 1.64. The Morgan fingerprint density at radius 3 is 2.30 bits per heavy atom. The van der Waals surface area contributed by atoms with Crippen molar-refractivity contribution >= 4 is 27.3 Å². The van der Waals surface area contributed by atoms with Gasteiger partial charge in [0.2, 0.25) is 0 Å². The van der Waals surface area contributed by atoms with Gasteiger partial charge in [-0.25, -0.2) is 8.42 Å². The van der Waals surface area contributed by atoms with Gasteiger partial charge in [-0.2, -0.15) is 0 Å². The molecule has 0 aromatic heterocycles. The lowest BCUT2D eigenvalue weighted by molar-refractivity contribution is 0.594. The Kier molecular flexibility index (Phi) is 4.35. The smallest absolute Gasteiger partial charge is 0.264 e. The van der Waals surface area contributed by atoms with E-state index in [2.05, 4.69) is 0 Å². The van der Waals surface area contributed by atoms with Gasteiger partial charge >= 0.3 is 0 Å². The molecule has 0 fully saturated rings. The molecular formula is C15H16ClNO2S. The maximum Gasteiger partial charge on any atom is 0.264 e. The van der Waals surface area contributed by atoms with Crippen LogP contribution in [-0.2, 0) is 16.4 Å². The second kappa shape index (κ2) is 5.85. The molecule has 0 heterocycles. The maximum absolute atomic E-state index is 12.5. The van der Waals surface area contributed by atoms with Crippen LogP contribution in [0.4, 0.5) is 5.69 Å². The summed E-state index contributed by atoms with van der Waals surface area (Å²) in [6.07, 6.45) is 0.879. The van der Waals surface area contributed by atoms with Gasteiger partial charge in [-0.05, 0) is 42.3 Å². The molecule has 0 N–H and O–H groups in total. The van der Waals surface area contributed by atoms with Gasteiger partial charge in [-0.15, -0.1) is 0 Å². The monoisotopic (exact) mass is 309 g/mol. The van der Waals surface area contributed by atoms with Gasteiger partial charge in [-0.1, -0.05) is 36.7 Å². The molecule has 0 saturated heterocycles. The predicted octanol–water partition coefficient (Wildman–Crippen LogP) is 3.73. The number of aryl methyl sites for hydroxylation is 1. The minimum atomic E-state index is -3.56. The number of halogens is 1. The van der Waals surface area contributed by atoms with E-state index in [1.54, 1.807) is 36.4 Å². The maximum atomic E-state index is 12.5. The molecule has 0 radical (unpaired) electrons. The first-order valence-electron chi connectivity index (χ1n) is 6.28. The van der Waals surface area contributed by atoms with Gasteiger partial charge < -0.3 is 0 Å². The first-order chi connectivity index (χ1) is 9.45. The van der Waals surface area contributed by atoms with Gasteiger partial charge in [-0.3, -0.25) is 4.31 Å². The summed E-state index contributed by atoms with van der Waals surface area (Å²) in [5, 5.41) is 0.505. The minimum Gasteiger partial charge on any atom is -0.269 e. The van der Waals surface area contributed by atoms with Crippen molar-refractivity contribution in [1.82, 2.24) is 0 Å². The SMILES string of the molecule is CCc1ccc(S(=O)(=O)N(C)c2cccc(Cl)c2)cc1. The predicted molar refractivity (Wildman–Crippen MR) is 82.9 cm³/mol. The normalized spacial score (nSPS) is 11.3. The van der Waals surface area contributed by atoms with Crippen LogP contribution >= 0.6 is 11.6 Å². The van der Waals surface area contributed by atoms with Crippen LogP contribution in [0.5, 0.6) is 0 Å². The summed E-state index contributed by atoms with van der Waals surface area (Å²) in [4.78, 5) is 0.275. The van der Waals surface area contributed by atoms with Crippen LogP contribution in [0.15, 0.2) is 53.4 Å². The molecule has 2 aromatic carbocycles. The number of rotatable bonds is 4.